The molecule has 16 heavy (non-hydrogen) atoms. The lowest BCUT2D eigenvalue weighted by Crippen LogP contribution is -2.30. The minimum Gasteiger partial charge on any atom is -0.392 e. The second-order valence-corrected chi connectivity index (χ2v) is 4.42. The van der Waals surface area contributed by atoms with Crippen molar-refractivity contribution in [1.29, 1.82) is 0 Å². The van der Waals surface area contributed by atoms with Gasteiger partial charge in [0.1, 0.15) is 0 Å². The Morgan fingerprint density at radius 1 is 1.12 bits per heavy atom. The van der Waals surface area contributed by atoms with Crippen molar-refractivity contribution in [3.8, 4) is 0 Å². The lowest BCUT2D eigenvalue weighted by molar-refractivity contribution is 0.123. The Kier molecular flexibility index (Phi) is 5.46. The summed E-state index contributed by atoms with van der Waals surface area (Å²) in [4.78, 5) is 0. The minimum absolute atomic E-state index is 0.0831. The topological polar surface area (TPSA) is 52.5 Å². The van der Waals surface area contributed by atoms with E-state index >= 15 is 0 Å². The molecule has 0 fully saturated rings. The summed E-state index contributed by atoms with van der Waals surface area (Å²) in [6, 6.07) is 7.80. The van der Waals surface area contributed by atoms with Gasteiger partial charge >= 0.3 is 0 Å². The summed E-state index contributed by atoms with van der Waals surface area (Å²) in [5.41, 5.74) is 2.08. The third kappa shape index (κ3) is 4.31. The largest absolute Gasteiger partial charge is 0.392 e. The summed E-state index contributed by atoms with van der Waals surface area (Å²) in [7, 11) is 0. The molecule has 1 atom stereocenters. The average molecular weight is 223 g/mol. The molecular formula is C13H21NO2. The van der Waals surface area contributed by atoms with Crippen molar-refractivity contribution in [3.63, 3.8) is 0 Å². The molecule has 1 aromatic carbocycles. The highest BCUT2D eigenvalue weighted by Gasteiger charge is 2.07. The predicted molar refractivity (Wildman–Crippen MR) is 64.9 cm³/mol. The molecule has 0 heterocycles. The molecule has 0 saturated carbocycles. The predicted octanol–water partition coefficient (Wildman–Crippen LogP) is 1.29. The molecule has 1 unspecified atom stereocenters. The van der Waals surface area contributed by atoms with Gasteiger partial charge in [0, 0.05) is 13.1 Å². The molecule has 0 aliphatic heterocycles. The molecule has 0 aliphatic rings. The van der Waals surface area contributed by atoms with E-state index < -0.39 is 0 Å². The molecule has 0 amide bonds. The van der Waals surface area contributed by atoms with E-state index in [1.807, 2.05) is 38.1 Å². The third-order valence-corrected chi connectivity index (χ3v) is 2.66. The second-order valence-electron chi connectivity index (χ2n) is 4.42. The zero-order chi connectivity index (χ0) is 12.0. The Morgan fingerprint density at radius 3 is 2.19 bits per heavy atom. The van der Waals surface area contributed by atoms with Crippen LogP contribution in [0.4, 0.5) is 0 Å². The van der Waals surface area contributed by atoms with Crippen LogP contribution in [0.15, 0.2) is 24.3 Å². The van der Waals surface area contributed by atoms with Gasteiger partial charge in [-0.15, -0.1) is 0 Å². The van der Waals surface area contributed by atoms with Crippen LogP contribution < -0.4 is 5.32 Å². The van der Waals surface area contributed by atoms with Crippen LogP contribution in [-0.4, -0.2) is 22.9 Å². The second kappa shape index (κ2) is 6.63. The van der Waals surface area contributed by atoms with E-state index in [4.69, 9.17) is 5.11 Å². The first-order chi connectivity index (χ1) is 7.63. The molecular weight excluding hydrogens is 202 g/mol. The van der Waals surface area contributed by atoms with Gasteiger partial charge in [0.2, 0.25) is 0 Å². The van der Waals surface area contributed by atoms with E-state index in [9.17, 15) is 5.11 Å². The lowest BCUT2D eigenvalue weighted by Gasteiger charge is -2.15. The molecule has 0 saturated heterocycles. The van der Waals surface area contributed by atoms with Crippen molar-refractivity contribution in [2.24, 2.45) is 5.92 Å². The zero-order valence-electron chi connectivity index (χ0n) is 9.98. The molecule has 1 aromatic rings. The van der Waals surface area contributed by atoms with E-state index in [0.29, 0.717) is 6.54 Å². The van der Waals surface area contributed by atoms with Crippen molar-refractivity contribution in [2.45, 2.75) is 33.1 Å². The SMILES string of the molecule is CC(C)C(O)CNCc1ccc(CO)cc1. The Labute approximate surface area is 97.1 Å². The fourth-order valence-corrected chi connectivity index (χ4v) is 1.36. The first-order valence-electron chi connectivity index (χ1n) is 5.71. The highest BCUT2D eigenvalue weighted by atomic mass is 16.3. The summed E-state index contributed by atoms with van der Waals surface area (Å²) in [6.07, 6.45) is -0.295. The van der Waals surface area contributed by atoms with Crippen molar-refractivity contribution in [1.82, 2.24) is 5.32 Å². The molecule has 90 valence electrons. The number of hydrogen-bond donors (Lipinski definition) is 3. The molecule has 0 bridgehead atoms. The first-order valence-corrected chi connectivity index (χ1v) is 5.71. The first kappa shape index (κ1) is 13.2. The van der Waals surface area contributed by atoms with Gasteiger partial charge in [-0.3, -0.25) is 0 Å². The van der Waals surface area contributed by atoms with Crippen LogP contribution >= 0.6 is 0 Å². The highest BCUT2D eigenvalue weighted by Crippen LogP contribution is 2.04. The van der Waals surface area contributed by atoms with Gasteiger partial charge in [-0.2, -0.15) is 0 Å². The number of rotatable bonds is 6. The van der Waals surface area contributed by atoms with Crippen LogP contribution in [0.5, 0.6) is 0 Å². The molecule has 0 radical (unpaired) electrons. The Morgan fingerprint density at radius 2 is 1.69 bits per heavy atom. The minimum atomic E-state index is -0.295. The Hall–Kier alpha value is -0.900. The fraction of sp³-hybridized carbons (Fsp3) is 0.538. The number of hydrogen-bond acceptors (Lipinski definition) is 3. The standard InChI is InChI=1S/C13H21NO2/c1-10(2)13(16)8-14-7-11-3-5-12(9-15)6-4-11/h3-6,10,13-16H,7-9H2,1-2H3. The number of aliphatic hydroxyl groups excluding tert-OH is 2. The van der Waals surface area contributed by atoms with E-state index in [1.54, 1.807) is 0 Å². The van der Waals surface area contributed by atoms with Crippen LogP contribution in [0.25, 0.3) is 0 Å². The van der Waals surface area contributed by atoms with E-state index in [0.717, 1.165) is 17.7 Å². The summed E-state index contributed by atoms with van der Waals surface area (Å²) in [5.74, 6) is 0.282. The van der Waals surface area contributed by atoms with Gasteiger partial charge in [0.05, 0.1) is 12.7 Å². The van der Waals surface area contributed by atoms with Gasteiger partial charge in [-0.25, -0.2) is 0 Å². The fourth-order valence-electron chi connectivity index (χ4n) is 1.36. The average Bonchev–Trinajstić information content (AvgIpc) is 2.29. The van der Waals surface area contributed by atoms with Crippen LogP contribution in [0.1, 0.15) is 25.0 Å². The van der Waals surface area contributed by atoms with Crippen molar-refractivity contribution < 1.29 is 10.2 Å². The number of benzene rings is 1. The highest BCUT2D eigenvalue weighted by molar-refractivity contribution is 5.21. The van der Waals surface area contributed by atoms with Gasteiger partial charge in [-0.05, 0) is 17.0 Å². The maximum Gasteiger partial charge on any atom is 0.0687 e. The molecule has 3 nitrogen and oxygen atoms in total. The van der Waals surface area contributed by atoms with E-state index in [2.05, 4.69) is 5.32 Å². The Bertz CT molecular complexity index is 295. The molecule has 0 aromatic heterocycles. The van der Waals surface area contributed by atoms with Gasteiger partial charge in [-0.1, -0.05) is 38.1 Å². The quantitative estimate of drug-likeness (QED) is 0.681. The van der Waals surface area contributed by atoms with Gasteiger partial charge < -0.3 is 15.5 Å². The molecule has 3 heteroatoms. The molecule has 1 rings (SSSR count). The van der Waals surface area contributed by atoms with Crippen molar-refractivity contribution >= 4 is 0 Å². The molecule has 0 aliphatic carbocycles. The van der Waals surface area contributed by atoms with Crippen molar-refractivity contribution in [3.05, 3.63) is 35.4 Å². The van der Waals surface area contributed by atoms with Crippen LogP contribution in [0.3, 0.4) is 0 Å². The third-order valence-electron chi connectivity index (χ3n) is 2.66. The lowest BCUT2D eigenvalue weighted by atomic mass is 10.1. The summed E-state index contributed by atoms with van der Waals surface area (Å²) < 4.78 is 0. The molecule has 0 spiro atoms. The summed E-state index contributed by atoms with van der Waals surface area (Å²) >= 11 is 0. The maximum atomic E-state index is 9.59. The van der Waals surface area contributed by atoms with Gasteiger partial charge in [0.25, 0.3) is 0 Å². The maximum absolute atomic E-state index is 9.59. The van der Waals surface area contributed by atoms with E-state index in [1.165, 1.54) is 0 Å². The molecule has 3 N–H and O–H groups in total. The van der Waals surface area contributed by atoms with Crippen LogP contribution in [0, 0.1) is 5.92 Å². The van der Waals surface area contributed by atoms with E-state index in [-0.39, 0.29) is 18.6 Å². The smallest absolute Gasteiger partial charge is 0.0687 e. The summed E-state index contributed by atoms with van der Waals surface area (Å²) in [6.45, 7) is 5.44. The van der Waals surface area contributed by atoms with Crippen LogP contribution in [-0.2, 0) is 13.2 Å². The van der Waals surface area contributed by atoms with Gasteiger partial charge in [0.15, 0.2) is 0 Å². The normalized spacial score (nSPS) is 13.1. The van der Waals surface area contributed by atoms with Crippen LogP contribution in [0.2, 0.25) is 0 Å². The number of nitrogens with one attached hydrogen (secondary N) is 1. The summed E-state index contributed by atoms with van der Waals surface area (Å²) in [5, 5.41) is 21.7. The Balaban J connectivity index is 2.31. The van der Waals surface area contributed by atoms with Crippen molar-refractivity contribution in [2.75, 3.05) is 6.54 Å². The monoisotopic (exact) mass is 223 g/mol. The number of aliphatic hydroxyl groups is 2. The zero-order valence-corrected chi connectivity index (χ0v) is 9.98.